The summed E-state index contributed by atoms with van der Waals surface area (Å²) < 4.78 is 10.5. The number of piperidine rings is 1. The van der Waals surface area contributed by atoms with Crippen LogP contribution in [0.1, 0.15) is 40.5 Å². The molecule has 1 aliphatic heterocycles. The van der Waals surface area contributed by atoms with Crippen LogP contribution < -0.4 is 5.32 Å². The molecule has 3 atom stereocenters. The molecule has 1 aliphatic rings. The van der Waals surface area contributed by atoms with Gasteiger partial charge in [0.25, 0.3) is 0 Å². The number of hydrogen-bond acceptors (Lipinski definition) is 5. The first kappa shape index (κ1) is 18.4. The minimum atomic E-state index is -0.630. The van der Waals surface area contributed by atoms with Gasteiger partial charge in [0.1, 0.15) is 5.54 Å². The second-order valence-electron chi connectivity index (χ2n) is 6.71. The van der Waals surface area contributed by atoms with Gasteiger partial charge in [-0.3, -0.25) is 10.1 Å². The molecule has 5 nitrogen and oxygen atoms in total. The van der Waals surface area contributed by atoms with E-state index in [1.54, 1.807) is 7.11 Å². The lowest BCUT2D eigenvalue weighted by molar-refractivity contribution is -0.148. The van der Waals surface area contributed by atoms with E-state index < -0.39 is 5.54 Å². The topological polar surface area (TPSA) is 50.8 Å². The summed E-state index contributed by atoms with van der Waals surface area (Å²) in [5.74, 6) is 0.414. The normalized spacial score (nSPS) is 26.6. The van der Waals surface area contributed by atoms with E-state index in [0.29, 0.717) is 12.0 Å². The maximum Gasteiger partial charge on any atom is 0.325 e. The van der Waals surface area contributed by atoms with Gasteiger partial charge in [0.15, 0.2) is 0 Å². The van der Waals surface area contributed by atoms with Gasteiger partial charge < -0.3 is 14.4 Å². The van der Waals surface area contributed by atoms with Gasteiger partial charge in [0.05, 0.1) is 13.2 Å². The highest BCUT2D eigenvalue weighted by Crippen LogP contribution is 2.21. The van der Waals surface area contributed by atoms with Gasteiger partial charge >= 0.3 is 5.97 Å². The number of rotatable bonds is 7. The minimum absolute atomic E-state index is 0.190. The Balaban J connectivity index is 2.59. The summed E-state index contributed by atoms with van der Waals surface area (Å²) in [6, 6.07) is 0.238. The van der Waals surface area contributed by atoms with Crippen LogP contribution in [0.15, 0.2) is 0 Å². The van der Waals surface area contributed by atoms with E-state index in [1.807, 2.05) is 20.8 Å². The largest absolute Gasteiger partial charge is 0.468 e. The Hall–Kier alpha value is -0.650. The lowest BCUT2D eigenvalue weighted by Crippen LogP contribution is -2.55. The molecule has 0 saturated carbocycles. The van der Waals surface area contributed by atoms with Crippen LogP contribution in [-0.4, -0.2) is 62.4 Å². The van der Waals surface area contributed by atoms with Crippen LogP contribution >= 0.6 is 0 Å². The number of esters is 1. The Morgan fingerprint density at radius 1 is 1.43 bits per heavy atom. The molecule has 0 aromatic heterocycles. The number of ether oxygens (including phenoxy) is 2. The summed E-state index contributed by atoms with van der Waals surface area (Å²) in [5.41, 5.74) is -0.630. The summed E-state index contributed by atoms with van der Waals surface area (Å²) in [5, 5.41) is 3.35. The van der Waals surface area contributed by atoms with Crippen LogP contribution in [0.25, 0.3) is 0 Å². The van der Waals surface area contributed by atoms with E-state index in [0.717, 1.165) is 32.5 Å². The van der Waals surface area contributed by atoms with Crippen molar-refractivity contribution in [3.63, 3.8) is 0 Å². The maximum absolute atomic E-state index is 12.1. The Kier molecular flexibility index (Phi) is 7.10. The molecule has 0 bridgehead atoms. The first-order valence-corrected chi connectivity index (χ1v) is 7.93. The predicted octanol–water partition coefficient (Wildman–Crippen LogP) is 1.66. The fourth-order valence-electron chi connectivity index (χ4n) is 3.09. The molecule has 1 fully saturated rings. The number of nitrogens with one attached hydrogen (secondary N) is 1. The van der Waals surface area contributed by atoms with E-state index >= 15 is 0 Å². The molecule has 1 heterocycles. The van der Waals surface area contributed by atoms with E-state index in [2.05, 4.69) is 17.1 Å². The molecule has 21 heavy (non-hydrogen) atoms. The van der Waals surface area contributed by atoms with Gasteiger partial charge in [-0.25, -0.2) is 0 Å². The number of nitrogens with zero attached hydrogens (tertiary/aromatic N) is 1. The standard InChI is InChI=1S/C16H32N2O3/c1-12(2)17-16(4,15(19)21-6)8-10-18-9-7-13(3)14(11-18)20-5/h12-14,17H,7-11H2,1-6H3. The highest BCUT2D eigenvalue weighted by Gasteiger charge is 2.36. The SMILES string of the molecule is COC(=O)C(C)(CCN1CCC(C)C(OC)C1)NC(C)C. The summed E-state index contributed by atoms with van der Waals surface area (Å²) in [6.45, 7) is 11.1. The summed E-state index contributed by atoms with van der Waals surface area (Å²) in [4.78, 5) is 14.5. The van der Waals surface area contributed by atoms with Crippen molar-refractivity contribution in [1.82, 2.24) is 10.2 Å². The van der Waals surface area contributed by atoms with Crippen molar-refractivity contribution in [2.75, 3.05) is 33.9 Å². The van der Waals surface area contributed by atoms with Crippen LogP contribution in [0.5, 0.6) is 0 Å². The predicted molar refractivity (Wildman–Crippen MR) is 84.3 cm³/mol. The molecule has 5 heteroatoms. The number of hydrogen-bond donors (Lipinski definition) is 1. The quantitative estimate of drug-likeness (QED) is 0.725. The first-order valence-electron chi connectivity index (χ1n) is 7.93. The van der Waals surface area contributed by atoms with Crippen molar-refractivity contribution >= 4 is 5.97 Å². The average molecular weight is 300 g/mol. The molecule has 0 spiro atoms. The number of carbonyl (C=O) groups excluding carboxylic acids is 1. The van der Waals surface area contributed by atoms with Gasteiger partial charge in [-0.15, -0.1) is 0 Å². The van der Waals surface area contributed by atoms with Crippen molar-refractivity contribution in [3.05, 3.63) is 0 Å². The Morgan fingerprint density at radius 3 is 2.62 bits per heavy atom. The van der Waals surface area contributed by atoms with Crippen molar-refractivity contribution < 1.29 is 14.3 Å². The third-order valence-corrected chi connectivity index (χ3v) is 4.45. The third kappa shape index (κ3) is 5.24. The van der Waals surface area contributed by atoms with E-state index in [-0.39, 0.29) is 12.0 Å². The van der Waals surface area contributed by atoms with Crippen LogP contribution in [0.3, 0.4) is 0 Å². The van der Waals surface area contributed by atoms with Crippen LogP contribution in [0.4, 0.5) is 0 Å². The Bertz CT molecular complexity index is 335. The van der Waals surface area contributed by atoms with Gasteiger partial charge in [-0.2, -0.15) is 0 Å². The number of methoxy groups -OCH3 is 2. The summed E-state index contributed by atoms with van der Waals surface area (Å²) in [6.07, 6.45) is 2.18. The molecule has 3 unspecified atom stereocenters. The van der Waals surface area contributed by atoms with Gasteiger partial charge in [-0.05, 0) is 46.1 Å². The fourth-order valence-corrected chi connectivity index (χ4v) is 3.09. The zero-order valence-electron chi connectivity index (χ0n) is 14.4. The Labute approximate surface area is 129 Å². The molecule has 0 aliphatic carbocycles. The molecule has 1 rings (SSSR count). The van der Waals surface area contributed by atoms with E-state index in [4.69, 9.17) is 9.47 Å². The van der Waals surface area contributed by atoms with E-state index in [1.165, 1.54) is 7.11 Å². The highest BCUT2D eigenvalue weighted by atomic mass is 16.5. The molecule has 0 radical (unpaired) electrons. The minimum Gasteiger partial charge on any atom is -0.468 e. The van der Waals surface area contributed by atoms with E-state index in [9.17, 15) is 4.79 Å². The lowest BCUT2D eigenvalue weighted by Gasteiger charge is -2.38. The molecular formula is C16H32N2O3. The Morgan fingerprint density at radius 2 is 2.10 bits per heavy atom. The molecule has 124 valence electrons. The number of carbonyl (C=O) groups is 1. The highest BCUT2D eigenvalue weighted by molar-refractivity contribution is 5.80. The second kappa shape index (κ2) is 8.11. The van der Waals surface area contributed by atoms with Gasteiger partial charge in [-0.1, -0.05) is 6.92 Å². The molecular weight excluding hydrogens is 268 g/mol. The maximum atomic E-state index is 12.1. The van der Waals surface area contributed by atoms with Gasteiger partial charge in [0.2, 0.25) is 0 Å². The van der Waals surface area contributed by atoms with Crippen LogP contribution in [-0.2, 0) is 14.3 Å². The molecule has 0 aromatic rings. The number of likely N-dealkylation sites (tertiary alicyclic amines) is 1. The van der Waals surface area contributed by atoms with Crippen molar-refractivity contribution in [2.24, 2.45) is 5.92 Å². The fraction of sp³-hybridized carbons (Fsp3) is 0.938. The molecule has 1 N–H and O–H groups in total. The second-order valence-corrected chi connectivity index (χ2v) is 6.71. The summed E-state index contributed by atoms with van der Waals surface area (Å²) in [7, 11) is 3.23. The van der Waals surface area contributed by atoms with Crippen molar-refractivity contribution in [2.45, 2.75) is 58.2 Å². The van der Waals surface area contributed by atoms with Gasteiger partial charge in [0, 0.05) is 26.2 Å². The average Bonchev–Trinajstić information content (AvgIpc) is 2.44. The van der Waals surface area contributed by atoms with Crippen molar-refractivity contribution in [1.29, 1.82) is 0 Å². The zero-order chi connectivity index (χ0) is 16.0. The molecule has 1 saturated heterocycles. The van der Waals surface area contributed by atoms with Crippen LogP contribution in [0.2, 0.25) is 0 Å². The summed E-state index contributed by atoms with van der Waals surface area (Å²) >= 11 is 0. The monoisotopic (exact) mass is 300 g/mol. The lowest BCUT2D eigenvalue weighted by atomic mass is 9.93. The molecule has 0 amide bonds. The van der Waals surface area contributed by atoms with Crippen molar-refractivity contribution in [3.8, 4) is 0 Å². The van der Waals surface area contributed by atoms with Crippen LogP contribution in [0, 0.1) is 5.92 Å². The zero-order valence-corrected chi connectivity index (χ0v) is 14.4. The molecule has 0 aromatic carbocycles. The first-order chi connectivity index (χ1) is 9.82. The smallest absolute Gasteiger partial charge is 0.325 e. The third-order valence-electron chi connectivity index (χ3n) is 4.45.